The molecule has 0 aromatic heterocycles. The lowest BCUT2D eigenvalue weighted by Crippen LogP contribution is -2.17. The van der Waals surface area contributed by atoms with E-state index in [4.69, 9.17) is 4.74 Å². The van der Waals surface area contributed by atoms with E-state index in [1.807, 2.05) is 0 Å². The van der Waals surface area contributed by atoms with Gasteiger partial charge in [0.2, 0.25) is 0 Å². The number of rotatable bonds is 9. The van der Waals surface area contributed by atoms with Crippen LogP contribution in [0.25, 0.3) is 0 Å². The molecule has 1 heteroatoms. The highest BCUT2D eigenvalue weighted by Gasteiger charge is 2.34. The molecule has 1 nitrogen and oxygen atoms in total. The van der Waals surface area contributed by atoms with Crippen LogP contribution in [0.15, 0.2) is 0 Å². The van der Waals surface area contributed by atoms with E-state index in [1.165, 1.54) is 70.6 Å². The van der Waals surface area contributed by atoms with Crippen LogP contribution in [0.2, 0.25) is 0 Å². The van der Waals surface area contributed by atoms with Crippen LogP contribution in [0.1, 0.15) is 105 Å². The summed E-state index contributed by atoms with van der Waals surface area (Å²) in [6.45, 7) is 13.3. The van der Waals surface area contributed by atoms with Crippen LogP contribution < -0.4 is 0 Å². The average Bonchev–Trinajstić information content (AvgIpc) is 3.35. The van der Waals surface area contributed by atoms with Crippen LogP contribution in [0.5, 0.6) is 0 Å². The maximum absolute atomic E-state index is 6.05. The molecule has 0 amide bonds. The Morgan fingerprint density at radius 3 is 2.00 bits per heavy atom. The third kappa shape index (κ3) is 6.22. The van der Waals surface area contributed by atoms with Gasteiger partial charge in [0.05, 0.1) is 6.10 Å². The Hall–Kier alpha value is -0.0400. The van der Waals surface area contributed by atoms with Crippen LogP contribution in [0.3, 0.4) is 0 Å². The maximum atomic E-state index is 6.05. The van der Waals surface area contributed by atoms with Crippen LogP contribution in [0.4, 0.5) is 0 Å². The highest BCUT2D eigenvalue weighted by Crippen LogP contribution is 2.43. The highest BCUT2D eigenvalue weighted by molar-refractivity contribution is 4.84. The molecule has 1 saturated heterocycles. The van der Waals surface area contributed by atoms with Crippen molar-refractivity contribution in [2.24, 2.45) is 47.3 Å². The molecule has 3 aliphatic rings. The minimum Gasteiger partial charge on any atom is -0.378 e. The summed E-state index contributed by atoms with van der Waals surface area (Å²) >= 11 is 0. The normalized spacial score (nSPS) is 35.8. The largest absolute Gasteiger partial charge is 0.378 e. The van der Waals surface area contributed by atoms with Crippen molar-refractivity contribution in [3.05, 3.63) is 0 Å². The van der Waals surface area contributed by atoms with Gasteiger partial charge in [0.1, 0.15) is 0 Å². The molecule has 1 aliphatic heterocycles. The van der Waals surface area contributed by atoms with E-state index >= 15 is 0 Å². The van der Waals surface area contributed by atoms with Crippen LogP contribution >= 0.6 is 0 Å². The first-order valence-electron chi connectivity index (χ1n) is 12.5. The molecule has 2 aliphatic carbocycles. The fourth-order valence-electron chi connectivity index (χ4n) is 6.68. The van der Waals surface area contributed by atoms with Crippen molar-refractivity contribution in [2.45, 2.75) is 111 Å². The second-order valence-electron chi connectivity index (χ2n) is 11.4. The van der Waals surface area contributed by atoms with Crippen molar-refractivity contribution in [1.29, 1.82) is 0 Å². The fraction of sp³-hybridized carbons (Fsp3) is 1.00. The summed E-state index contributed by atoms with van der Waals surface area (Å²) in [5.74, 6) is 7.36. The Labute approximate surface area is 170 Å². The highest BCUT2D eigenvalue weighted by atomic mass is 16.5. The molecule has 3 fully saturated rings. The summed E-state index contributed by atoms with van der Waals surface area (Å²) in [4.78, 5) is 0. The predicted molar refractivity (Wildman–Crippen MR) is 117 cm³/mol. The van der Waals surface area contributed by atoms with Crippen LogP contribution in [-0.4, -0.2) is 12.7 Å². The third-order valence-corrected chi connectivity index (χ3v) is 8.80. The van der Waals surface area contributed by atoms with E-state index in [0.717, 1.165) is 48.0 Å². The quantitative estimate of drug-likeness (QED) is 0.400. The van der Waals surface area contributed by atoms with Gasteiger partial charge >= 0.3 is 0 Å². The van der Waals surface area contributed by atoms with Gasteiger partial charge in [0.15, 0.2) is 0 Å². The minimum atomic E-state index is 0.528. The Balaban J connectivity index is 1.36. The molecule has 27 heavy (non-hydrogen) atoms. The maximum Gasteiger partial charge on any atom is 0.0601 e. The average molecular weight is 377 g/mol. The van der Waals surface area contributed by atoms with E-state index in [2.05, 4.69) is 34.6 Å². The lowest BCUT2D eigenvalue weighted by Gasteiger charge is -2.26. The summed E-state index contributed by atoms with van der Waals surface area (Å²) < 4.78 is 6.05. The molecule has 7 atom stereocenters. The van der Waals surface area contributed by atoms with Gasteiger partial charge in [-0.3, -0.25) is 0 Å². The standard InChI is InChI=1S/C26H48O/c1-18(2)26-16-24(17-27-26)14-21(5)25-11-10-23(15-25)13-20(4)19(3)12-22-8-6-7-9-22/h18-26H,6-17H2,1-5H3. The molecular formula is C26H48O. The first-order valence-corrected chi connectivity index (χ1v) is 12.5. The van der Waals surface area contributed by atoms with Gasteiger partial charge in [-0.15, -0.1) is 0 Å². The van der Waals surface area contributed by atoms with E-state index < -0.39 is 0 Å². The van der Waals surface area contributed by atoms with Crippen molar-refractivity contribution in [3.8, 4) is 0 Å². The molecule has 3 rings (SSSR count). The Bertz CT molecular complexity index is 424. The lowest BCUT2D eigenvalue weighted by molar-refractivity contribution is 0.0719. The zero-order valence-electron chi connectivity index (χ0n) is 19.1. The molecule has 0 aromatic carbocycles. The van der Waals surface area contributed by atoms with Gasteiger partial charge in [-0.2, -0.15) is 0 Å². The summed E-state index contributed by atoms with van der Waals surface area (Å²) in [6, 6.07) is 0. The minimum absolute atomic E-state index is 0.528. The van der Waals surface area contributed by atoms with Crippen molar-refractivity contribution >= 4 is 0 Å². The van der Waals surface area contributed by atoms with Crippen molar-refractivity contribution in [1.82, 2.24) is 0 Å². The molecule has 0 N–H and O–H groups in total. The topological polar surface area (TPSA) is 9.23 Å². The monoisotopic (exact) mass is 376 g/mol. The molecule has 0 radical (unpaired) electrons. The molecule has 0 spiro atoms. The van der Waals surface area contributed by atoms with Gasteiger partial charge < -0.3 is 4.74 Å². The zero-order valence-corrected chi connectivity index (χ0v) is 19.1. The molecule has 0 aromatic rings. The van der Waals surface area contributed by atoms with Gasteiger partial charge in [0.25, 0.3) is 0 Å². The molecular weight excluding hydrogens is 328 g/mol. The molecule has 1 heterocycles. The second-order valence-corrected chi connectivity index (χ2v) is 11.4. The summed E-state index contributed by atoms with van der Waals surface area (Å²) in [5, 5.41) is 0. The van der Waals surface area contributed by atoms with Crippen LogP contribution in [0, 0.1) is 47.3 Å². The van der Waals surface area contributed by atoms with Crippen molar-refractivity contribution in [2.75, 3.05) is 6.61 Å². The van der Waals surface area contributed by atoms with E-state index in [-0.39, 0.29) is 0 Å². The van der Waals surface area contributed by atoms with Gasteiger partial charge in [-0.1, -0.05) is 66.7 Å². The summed E-state index contributed by atoms with van der Waals surface area (Å²) in [7, 11) is 0. The zero-order chi connectivity index (χ0) is 19.4. The van der Waals surface area contributed by atoms with Crippen molar-refractivity contribution < 1.29 is 4.74 Å². The Kier molecular flexibility index (Phi) is 8.13. The lowest BCUT2D eigenvalue weighted by atomic mass is 9.79. The van der Waals surface area contributed by atoms with Gasteiger partial charge in [-0.05, 0) is 85.9 Å². The van der Waals surface area contributed by atoms with Crippen molar-refractivity contribution in [3.63, 3.8) is 0 Å². The summed E-state index contributed by atoms with van der Waals surface area (Å²) in [6.07, 6.45) is 16.8. The summed E-state index contributed by atoms with van der Waals surface area (Å²) in [5.41, 5.74) is 0. The van der Waals surface area contributed by atoms with Crippen LogP contribution in [-0.2, 0) is 4.74 Å². The smallest absolute Gasteiger partial charge is 0.0601 e. The Morgan fingerprint density at radius 1 is 0.704 bits per heavy atom. The number of hydrogen-bond acceptors (Lipinski definition) is 1. The van der Waals surface area contributed by atoms with Gasteiger partial charge in [-0.25, -0.2) is 0 Å². The molecule has 2 saturated carbocycles. The number of ether oxygens (including phenoxy) is 1. The van der Waals surface area contributed by atoms with E-state index in [0.29, 0.717) is 12.0 Å². The SMILES string of the molecule is CC(C)C1CC(CC(C)C2CCC(CC(C)C(C)CC3CCCC3)C2)CO1. The van der Waals surface area contributed by atoms with Gasteiger partial charge in [0, 0.05) is 6.61 Å². The third-order valence-electron chi connectivity index (χ3n) is 8.80. The van der Waals surface area contributed by atoms with E-state index in [9.17, 15) is 0 Å². The molecule has 0 bridgehead atoms. The molecule has 158 valence electrons. The number of hydrogen-bond donors (Lipinski definition) is 0. The molecule has 7 unspecified atom stereocenters. The van der Waals surface area contributed by atoms with E-state index in [1.54, 1.807) is 0 Å². The Morgan fingerprint density at radius 2 is 1.37 bits per heavy atom. The first kappa shape index (κ1) is 21.7. The second kappa shape index (κ2) is 10.1. The fourth-order valence-corrected chi connectivity index (χ4v) is 6.68. The first-order chi connectivity index (χ1) is 12.9. The predicted octanol–water partition coefficient (Wildman–Crippen LogP) is 7.73.